The molecular formula is C12H12ClN3S. The van der Waals surface area contributed by atoms with Crippen molar-refractivity contribution in [1.82, 2.24) is 4.98 Å². The number of thiazole rings is 1. The average Bonchev–Trinajstić information content (AvgIpc) is 2.61. The van der Waals surface area contributed by atoms with Gasteiger partial charge in [-0.2, -0.15) is 5.10 Å². The molecule has 0 saturated carbocycles. The Kier molecular flexibility index (Phi) is 3.76. The van der Waals surface area contributed by atoms with E-state index in [1.807, 2.05) is 38.1 Å². The zero-order chi connectivity index (χ0) is 12.3. The van der Waals surface area contributed by atoms with Gasteiger partial charge in [0.1, 0.15) is 0 Å². The molecule has 1 aromatic carbocycles. The summed E-state index contributed by atoms with van der Waals surface area (Å²) in [4.78, 5) is 5.53. The fraction of sp³-hybridized carbons (Fsp3) is 0.167. The molecule has 1 heterocycles. The van der Waals surface area contributed by atoms with E-state index in [1.54, 1.807) is 17.6 Å². The lowest BCUT2D eigenvalue weighted by Crippen LogP contribution is -1.89. The third-order valence-corrected chi connectivity index (χ3v) is 3.50. The molecule has 0 spiro atoms. The quantitative estimate of drug-likeness (QED) is 0.676. The number of nitrogens with one attached hydrogen (secondary N) is 1. The van der Waals surface area contributed by atoms with E-state index >= 15 is 0 Å². The lowest BCUT2D eigenvalue weighted by atomic mass is 10.2. The molecule has 0 fully saturated rings. The largest absolute Gasteiger partial charge is 0.253 e. The third kappa shape index (κ3) is 3.28. The number of halogens is 1. The maximum atomic E-state index is 5.79. The van der Waals surface area contributed by atoms with E-state index in [1.165, 1.54) is 4.88 Å². The molecule has 0 aliphatic rings. The van der Waals surface area contributed by atoms with Crippen molar-refractivity contribution in [3.63, 3.8) is 0 Å². The molecule has 0 atom stereocenters. The number of hydrogen-bond acceptors (Lipinski definition) is 4. The van der Waals surface area contributed by atoms with Crippen molar-refractivity contribution >= 4 is 34.3 Å². The minimum atomic E-state index is 0.723. The van der Waals surface area contributed by atoms with Crippen LogP contribution in [0.15, 0.2) is 29.4 Å². The van der Waals surface area contributed by atoms with Crippen molar-refractivity contribution in [2.75, 3.05) is 5.43 Å². The maximum absolute atomic E-state index is 5.79. The molecule has 1 N–H and O–H groups in total. The molecule has 0 saturated heterocycles. The normalized spacial score (nSPS) is 11.0. The Hall–Kier alpha value is -1.39. The summed E-state index contributed by atoms with van der Waals surface area (Å²) < 4.78 is 0. The Labute approximate surface area is 109 Å². The predicted molar refractivity (Wildman–Crippen MR) is 74.3 cm³/mol. The van der Waals surface area contributed by atoms with Gasteiger partial charge in [-0.25, -0.2) is 4.98 Å². The van der Waals surface area contributed by atoms with Gasteiger partial charge in [0.05, 0.1) is 11.9 Å². The summed E-state index contributed by atoms with van der Waals surface area (Å²) in [5.74, 6) is 0. The zero-order valence-corrected chi connectivity index (χ0v) is 11.1. The van der Waals surface area contributed by atoms with Crippen LogP contribution in [0.1, 0.15) is 16.1 Å². The van der Waals surface area contributed by atoms with E-state index < -0.39 is 0 Å². The second-order valence-corrected chi connectivity index (χ2v) is 5.22. The van der Waals surface area contributed by atoms with Gasteiger partial charge in [0.15, 0.2) is 0 Å². The second-order valence-electron chi connectivity index (χ2n) is 3.58. The average molecular weight is 266 g/mol. The highest BCUT2D eigenvalue weighted by molar-refractivity contribution is 7.15. The first-order valence-corrected chi connectivity index (χ1v) is 6.33. The van der Waals surface area contributed by atoms with Crippen LogP contribution in [0.4, 0.5) is 5.13 Å². The Bertz CT molecular complexity index is 512. The van der Waals surface area contributed by atoms with Crippen LogP contribution in [0.5, 0.6) is 0 Å². The minimum absolute atomic E-state index is 0.723. The summed E-state index contributed by atoms with van der Waals surface area (Å²) in [6.45, 7) is 4.03. The van der Waals surface area contributed by atoms with E-state index in [2.05, 4.69) is 15.5 Å². The lowest BCUT2D eigenvalue weighted by Gasteiger charge is -1.94. The monoisotopic (exact) mass is 265 g/mol. The first-order chi connectivity index (χ1) is 8.15. The van der Waals surface area contributed by atoms with Gasteiger partial charge in [-0.1, -0.05) is 23.7 Å². The van der Waals surface area contributed by atoms with Gasteiger partial charge in [0.25, 0.3) is 0 Å². The molecule has 3 nitrogen and oxygen atoms in total. The Morgan fingerprint density at radius 3 is 2.59 bits per heavy atom. The maximum Gasteiger partial charge on any atom is 0.203 e. The summed E-state index contributed by atoms with van der Waals surface area (Å²) in [6, 6.07) is 7.49. The smallest absolute Gasteiger partial charge is 0.203 e. The number of hydrazone groups is 1. The highest BCUT2D eigenvalue weighted by Crippen LogP contribution is 2.20. The Morgan fingerprint density at radius 2 is 2.00 bits per heavy atom. The van der Waals surface area contributed by atoms with Crippen LogP contribution >= 0.6 is 22.9 Å². The molecule has 88 valence electrons. The van der Waals surface area contributed by atoms with E-state index in [0.717, 1.165) is 21.4 Å². The minimum Gasteiger partial charge on any atom is -0.253 e. The zero-order valence-electron chi connectivity index (χ0n) is 9.57. The molecule has 17 heavy (non-hydrogen) atoms. The highest BCUT2D eigenvalue weighted by atomic mass is 35.5. The molecule has 2 aromatic rings. The number of hydrogen-bond donors (Lipinski definition) is 1. The van der Waals surface area contributed by atoms with Crippen LogP contribution in [0.3, 0.4) is 0 Å². The van der Waals surface area contributed by atoms with Crippen LogP contribution in [0.25, 0.3) is 0 Å². The summed E-state index contributed by atoms with van der Waals surface area (Å²) >= 11 is 7.39. The van der Waals surface area contributed by atoms with Gasteiger partial charge in [-0.15, -0.1) is 11.3 Å². The first-order valence-electron chi connectivity index (χ1n) is 5.14. The van der Waals surface area contributed by atoms with Crippen molar-refractivity contribution in [1.29, 1.82) is 0 Å². The molecule has 0 aliphatic carbocycles. The van der Waals surface area contributed by atoms with E-state index in [-0.39, 0.29) is 0 Å². The lowest BCUT2D eigenvalue weighted by molar-refractivity contribution is 1.20. The standard InChI is InChI=1S/C12H12ClN3S/c1-8-9(2)17-12(15-8)16-14-7-10-3-5-11(13)6-4-10/h3-7H,1-2H3,(H,15,16)/b14-7-. The molecule has 0 radical (unpaired) electrons. The molecule has 1 aromatic heterocycles. The highest BCUT2D eigenvalue weighted by Gasteiger charge is 2.00. The summed E-state index contributed by atoms with van der Waals surface area (Å²) in [7, 11) is 0. The van der Waals surface area contributed by atoms with Gasteiger partial charge < -0.3 is 0 Å². The van der Waals surface area contributed by atoms with Crippen LogP contribution in [-0.2, 0) is 0 Å². The molecule has 0 unspecified atom stereocenters. The van der Waals surface area contributed by atoms with Crippen LogP contribution in [0, 0.1) is 13.8 Å². The number of nitrogens with zero attached hydrogens (tertiary/aromatic N) is 2. The molecule has 0 aliphatic heterocycles. The van der Waals surface area contributed by atoms with Gasteiger partial charge in [0, 0.05) is 9.90 Å². The topological polar surface area (TPSA) is 37.3 Å². The van der Waals surface area contributed by atoms with Crippen molar-refractivity contribution < 1.29 is 0 Å². The number of aromatic nitrogens is 1. The number of anilines is 1. The van der Waals surface area contributed by atoms with Gasteiger partial charge >= 0.3 is 0 Å². The number of aryl methyl sites for hydroxylation is 2. The first kappa shape index (κ1) is 12.1. The third-order valence-electron chi connectivity index (χ3n) is 2.27. The SMILES string of the molecule is Cc1nc(N/N=C\c2ccc(Cl)cc2)sc1C. The summed E-state index contributed by atoms with van der Waals surface area (Å²) in [5.41, 5.74) is 4.95. The molecular weight excluding hydrogens is 254 g/mol. The fourth-order valence-corrected chi connectivity index (χ4v) is 2.12. The van der Waals surface area contributed by atoms with E-state index in [9.17, 15) is 0 Å². The Balaban J connectivity index is 2.00. The van der Waals surface area contributed by atoms with Gasteiger partial charge in [-0.3, -0.25) is 5.43 Å². The summed E-state index contributed by atoms with van der Waals surface area (Å²) in [6.07, 6.45) is 1.74. The van der Waals surface area contributed by atoms with Crippen molar-refractivity contribution in [2.24, 2.45) is 5.10 Å². The molecule has 2 rings (SSSR count). The van der Waals surface area contributed by atoms with Crippen molar-refractivity contribution in [3.05, 3.63) is 45.4 Å². The number of rotatable bonds is 3. The van der Waals surface area contributed by atoms with Crippen LogP contribution in [-0.4, -0.2) is 11.2 Å². The van der Waals surface area contributed by atoms with Gasteiger partial charge in [0.2, 0.25) is 5.13 Å². The second kappa shape index (κ2) is 5.29. The van der Waals surface area contributed by atoms with Crippen molar-refractivity contribution in [2.45, 2.75) is 13.8 Å². The molecule has 5 heteroatoms. The predicted octanol–water partition coefficient (Wildman–Crippen LogP) is 3.86. The van der Waals surface area contributed by atoms with E-state index in [4.69, 9.17) is 11.6 Å². The van der Waals surface area contributed by atoms with Crippen LogP contribution < -0.4 is 5.43 Å². The number of benzene rings is 1. The molecule has 0 amide bonds. The van der Waals surface area contributed by atoms with Crippen LogP contribution in [0.2, 0.25) is 5.02 Å². The molecule has 0 bridgehead atoms. The Morgan fingerprint density at radius 1 is 1.29 bits per heavy atom. The van der Waals surface area contributed by atoms with Crippen molar-refractivity contribution in [3.8, 4) is 0 Å². The van der Waals surface area contributed by atoms with Gasteiger partial charge in [-0.05, 0) is 31.5 Å². The fourth-order valence-electron chi connectivity index (χ4n) is 1.23. The summed E-state index contributed by atoms with van der Waals surface area (Å²) in [5, 5.41) is 5.66. The van der Waals surface area contributed by atoms with E-state index in [0.29, 0.717) is 0 Å².